The molecule has 4 heteroatoms. The Labute approximate surface area is 90.5 Å². The molecule has 0 radical (unpaired) electrons. The van der Waals surface area contributed by atoms with Crippen molar-refractivity contribution in [1.82, 2.24) is 14.7 Å². The molecule has 0 amide bonds. The van der Waals surface area contributed by atoms with Gasteiger partial charge < -0.3 is 10.0 Å². The van der Waals surface area contributed by atoms with Crippen molar-refractivity contribution in [3.05, 3.63) is 18.0 Å². The van der Waals surface area contributed by atoms with Crippen LogP contribution in [0.15, 0.2) is 12.4 Å². The Balaban J connectivity index is 1.99. The molecule has 0 saturated carbocycles. The van der Waals surface area contributed by atoms with E-state index in [2.05, 4.69) is 17.0 Å². The van der Waals surface area contributed by atoms with Crippen LogP contribution in [-0.4, -0.2) is 45.5 Å². The van der Waals surface area contributed by atoms with Gasteiger partial charge in [-0.1, -0.05) is 0 Å². The normalized spacial score (nSPS) is 21.8. The zero-order chi connectivity index (χ0) is 10.9. The quantitative estimate of drug-likeness (QED) is 0.767. The predicted octanol–water partition coefficient (Wildman–Crippen LogP) is 0.419. The lowest BCUT2D eigenvalue weighted by atomic mass is 9.86. The lowest BCUT2D eigenvalue weighted by molar-refractivity contribution is -0.0150. The molecule has 1 fully saturated rings. The molecule has 1 aromatic heterocycles. The SMILES string of the molecule is CN1CCC(O)(Cc2cnn(C)c2)CC1. The van der Waals surface area contributed by atoms with Crippen molar-refractivity contribution < 1.29 is 5.11 Å². The maximum atomic E-state index is 10.4. The second-order valence-electron chi connectivity index (χ2n) is 4.73. The molecule has 0 bridgehead atoms. The second kappa shape index (κ2) is 3.94. The third-order valence-corrected chi connectivity index (χ3v) is 3.21. The Hall–Kier alpha value is -0.870. The van der Waals surface area contributed by atoms with E-state index in [1.807, 2.05) is 19.4 Å². The average molecular weight is 209 g/mol. The summed E-state index contributed by atoms with van der Waals surface area (Å²) in [5.41, 5.74) is 0.611. The van der Waals surface area contributed by atoms with Gasteiger partial charge in [-0.2, -0.15) is 5.10 Å². The van der Waals surface area contributed by atoms with Gasteiger partial charge in [0.15, 0.2) is 0 Å². The molecule has 4 nitrogen and oxygen atoms in total. The molecule has 2 rings (SSSR count). The van der Waals surface area contributed by atoms with E-state index in [1.54, 1.807) is 4.68 Å². The van der Waals surface area contributed by atoms with Gasteiger partial charge in [0.05, 0.1) is 11.8 Å². The highest BCUT2D eigenvalue weighted by molar-refractivity contribution is 5.09. The Kier molecular flexibility index (Phi) is 2.80. The molecule has 1 N–H and O–H groups in total. The summed E-state index contributed by atoms with van der Waals surface area (Å²) in [4.78, 5) is 2.26. The minimum atomic E-state index is -0.518. The molecule has 1 aliphatic rings. The number of rotatable bonds is 2. The average Bonchev–Trinajstić information content (AvgIpc) is 2.57. The minimum absolute atomic E-state index is 0.518. The first-order chi connectivity index (χ1) is 7.07. The first-order valence-corrected chi connectivity index (χ1v) is 5.46. The second-order valence-corrected chi connectivity index (χ2v) is 4.73. The molecule has 0 unspecified atom stereocenters. The largest absolute Gasteiger partial charge is 0.389 e. The number of likely N-dealkylation sites (tertiary alicyclic amines) is 1. The summed E-state index contributed by atoms with van der Waals surface area (Å²) in [5.74, 6) is 0. The van der Waals surface area contributed by atoms with Crippen LogP contribution in [0.4, 0.5) is 0 Å². The number of nitrogens with zero attached hydrogens (tertiary/aromatic N) is 3. The Morgan fingerprint density at radius 2 is 2.07 bits per heavy atom. The third-order valence-electron chi connectivity index (χ3n) is 3.21. The number of aromatic nitrogens is 2. The first kappa shape index (κ1) is 10.6. The molecule has 15 heavy (non-hydrogen) atoms. The molecule has 0 spiro atoms. The maximum Gasteiger partial charge on any atom is 0.0713 e. The van der Waals surface area contributed by atoms with Gasteiger partial charge in [0.2, 0.25) is 0 Å². The van der Waals surface area contributed by atoms with Crippen molar-refractivity contribution in [2.75, 3.05) is 20.1 Å². The molecule has 1 aliphatic heterocycles. The fraction of sp³-hybridized carbons (Fsp3) is 0.727. The van der Waals surface area contributed by atoms with E-state index in [-0.39, 0.29) is 0 Å². The lowest BCUT2D eigenvalue weighted by Gasteiger charge is -2.36. The van der Waals surface area contributed by atoms with Gasteiger partial charge in [-0.15, -0.1) is 0 Å². The molecule has 0 aromatic carbocycles. The van der Waals surface area contributed by atoms with E-state index in [4.69, 9.17) is 0 Å². The van der Waals surface area contributed by atoms with Crippen molar-refractivity contribution in [1.29, 1.82) is 0 Å². The predicted molar refractivity (Wildman–Crippen MR) is 58.6 cm³/mol. The molecule has 84 valence electrons. The summed E-state index contributed by atoms with van der Waals surface area (Å²) >= 11 is 0. The van der Waals surface area contributed by atoms with Crippen LogP contribution < -0.4 is 0 Å². The van der Waals surface area contributed by atoms with Crippen LogP contribution in [0.25, 0.3) is 0 Å². The van der Waals surface area contributed by atoms with E-state index in [0.29, 0.717) is 0 Å². The van der Waals surface area contributed by atoms with Gasteiger partial charge in [-0.25, -0.2) is 0 Å². The van der Waals surface area contributed by atoms with E-state index in [0.717, 1.165) is 37.9 Å². The summed E-state index contributed by atoms with van der Waals surface area (Å²) in [7, 11) is 4.01. The number of aryl methyl sites for hydroxylation is 1. The van der Waals surface area contributed by atoms with Gasteiger partial charge in [0.25, 0.3) is 0 Å². The number of hydrogen-bond donors (Lipinski definition) is 1. The Morgan fingerprint density at radius 3 is 2.60 bits per heavy atom. The van der Waals surface area contributed by atoms with Crippen LogP contribution >= 0.6 is 0 Å². The Bertz CT molecular complexity index is 326. The summed E-state index contributed by atoms with van der Waals surface area (Å²) in [5, 5.41) is 14.5. The topological polar surface area (TPSA) is 41.3 Å². The summed E-state index contributed by atoms with van der Waals surface area (Å²) < 4.78 is 1.79. The van der Waals surface area contributed by atoms with Crippen molar-refractivity contribution in [3.63, 3.8) is 0 Å². The van der Waals surface area contributed by atoms with Gasteiger partial charge in [0.1, 0.15) is 0 Å². The van der Waals surface area contributed by atoms with Crippen molar-refractivity contribution in [2.24, 2.45) is 7.05 Å². The van der Waals surface area contributed by atoms with Crippen molar-refractivity contribution >= 4 is 0 Å². The number of piperidine rings is 1. The highest BCUT2D eigenvalue weighted by Gasteiger charge is 2.31. The molecule has 0 atom stereocenters. The molecule has 1 saturated heterocycles. The smallest absolute Gasteiger partial charge is 0.0713 e. The van der Waals surface area contributed by atoms with Gasteiger partial charge in [-0.05, 0) is 25.5 Å². The van der Waals surface area contributed by atoms with Gasteiger partial charge >= 0.3 is 0 Å². The van der Waals surface area contributed by atoms with Crippen LogP contribution in [0.1, 0.15) is 18.4 Å². The molecule has 1 aromatic rings. The fourth-order valence-corrected chi connectivity index (χ4v) is 2.15. The summed E-state index contributed by atoms with van der Waals surface area (Å²) in [6.45, 7) is 1.97. The highest BCUT2D eigenvalue weighted by atomic mass is 16.3. The lowest BCUT2D eigenvalue weighted by Crippen LogP contribution is -2.44. The Morgan fingerprint density at radius 1 is 1.40 bits per heavy atom. The highest BCUT2D eigenvalue weighted by Crippen LogP contribution is 2.25. The molecular formula is C11H19N3O. The molecule has 0 aliphatic carbocycles. The standard InChI is InChI=1S/C11H19N3O/c1-13-5-3-11(15,4-6-13)7-10-8-12-14(2)9-10/h8-9,15H,3-7H2,1-2H3. The number of aliphatic hydroxyl groups is 1. The third kappa shape index (κ3) is 2.58. The van der Waals surface area contributed by atoms with E-state index >= 15 is 0 Å². The van der Waals surface area contributed by atoms with Crippen LogP contribution in [0, 0.1) is 0 Å². The zero-order valence-electron chi connectivity index (χ0n) is 9.48. The summed E-state index contributed by atoms with van der Waals surface area (Å²) in [6, 6.07) is 0. The van der Waals surface area contributed by atoms with Gasteiger partial charge in [0, 0.05) is 32.8 Å². The van der Waals surface area contributed by atoms with Crippen LogP contribution in [0.3, 0.4) is 0 Å². The minimum Gasteiger partial charge on any atom is -0.389 e. The summed E-state index contributed by atoms with van der Waals surface area (Å²) in [6.07, 6.45) is 6.28. The monoisotopic (exact) mass is 209 g/mol. The van der Waals surface area contributed by atoms with Gasteiger partial charge in [-0.3, -0.25) is 4.68 Å². The van der Waals surface area contributed by atoms with E-state index < -0.39 is 5.60 Å². The van der Waals surface area contributed by atoms with Crippen molar-refractivity contribution in [2.45, 2.75) is 24.9 Å². The number of hydrogen-bond acceptors (Lipinski definition) is 3. The van der Waals surface area contributed by atoms with Crippen LogP contribution in [0.2, 0.25) is 0 Å². The van der Waals surface area contributed by atoms with E-state index in [9.17, 15) is 5.11 Å². The zero-order valence-corrected chi connectivity index (χ0v) is 9.48. The van der Waals surface area contributed by atoms with Crippen molar-refractivity contribution in [3.8, 4) is 0 Å². The van der Waals surface area contributed by atoms with Crippen LogP contribution in [-0.2, 0) is 13.5 Å². The molecular weight excluding hydrogens is 190 g/mol. The first-order valence-electron chi connectivity index (χ1n) is 5.46. The molecule has 2 heterocycles. The maximum absolute atomic E-state index is 10.4. The van der Waals surface area contributed by atoms with Crippen LogP contribution in [0.5, 0.6) is 0 Å². The fourth-order valence-electron chi connectivity index (χ4n) is 2.15. The van der Waals surface area contributed by atoms with E-state index in [1.165, 1.54) is 0 Å².